The highest BCUT2D eigenvalue weighted by Crippen LogP contribution is 2.32. The van der Waals surface area contributed by atoms with Gasteiger partial charge >= 0.3 is 0 Å². The van der Waals surface area contributed by atoms with E-state index in [2.05, 4.69) is 9.88 Å². The summed E-state index contributed by atoms with van der Waals surface area (Å²) in [6.45, 7) is 6.05. The quantitative estimate of drug-likeness (QED) is 0.833. The van der Waals surface area contributed by atoms with Gasteiger partial charge in [-0.25, -0.2) is 0 Å². The van der Waals surface area contributed by atoms with E-state index in [1.807, 2.05) is 43.3 Å². The third-order valence-electron chi connectivity index (χ3n) is 5.70. The molecular weight excluding hydrogens is 326 g/mol. The van der Waals surface area contributed by atoms with Crippen LogP contribution in [0.1, 0.15) is 64.0 Å². The van der Waals surface area contributed by atoms with E-state index in [1.54, 1.807) is 0 Å². The molecule has 2 saturated heterocycles. The minimum atomic E-state index is -0.0612. The lowest BCUT2D eigenvalue weighted by Gasteiger charge is -2.38. The van der Waals surface area contributed by atoms with E-state index in [0.29, 0.717) is 6.54 Å². The van der Waals surface area contributed by atoms with Crippen LogP contribution >= 0.6 is 0 Å². The van der Waals surface area contributed by atoms with Gasteiger partial charge in [0.2, 0.25) is 11.8 Å². The second-order valence-electron chi connectivity index (χ2n) is 7.96. The molecule has 0 bridgehead atoms. The Kier molecular flexibility index (Phi) is 6.28. The van der Waals surface area contributed by atoms with Crippen molar-refractivity contribution in [3.05, 3.63) is 30.1 Å². The van der Waals surface area contributed by atoms with Gasteiger partial charge in [0.25, 0.3) is 0 Å². The van der Waals surface area contributed by atoms with Crippen LogP contribution in [0.3, 0.4) is 0 Å². The van der Waals surface area contributed by atoms with Gasteiger partial charge in [-0.2, -0.15) is 0 Å². The van der Waals surface area contributed by atoms with Crippen LogP contribution in [0.2, 0.25) is 0 Å². The van der Waals surface area contributed by atoms with Crippen molar-refractivity contribution in [2.24, 2.45) is 11.8 Å². The van der Waals surface area contributed by atoms with E-state index in [9.17, 15) is 9.59 Å². The summed E-state index contributed by atoms with van der Waals surface area (Å²) < 4.78 is 0. The van der Waals surface area contributed by atoms with Crippen molar-refractivity contribution in [1.82, 2.24) is 14.8 Å². The molecule has 0 aliphatic carbocycles. The number of rotatable bonds is 3. The van der Waals surface area contributed by atoms with Crippen LogP contribution in [-0.2, 0) is 9.59 Å². The highest BCUT2D eigenvalue weighted by Gasteiger charge is 2.35. The molecule has 3 rings (SSSR count). The molecule has 0 unspecified atom stereocenters. The normalized spacial score (nSPS) is 24.4. The SMILES string of the molecule is CC(C)C(=O)N1CCC[C@H](C(=O)N2CCCCC[C@@H]2c2ccncc2)C1. The summed E-state index contributed by atoms with van der Waals surface area (Å²) in [6, 6.07) is 4.21. The zero-order chi connectivity index (χ0) is 18.5. The molecule has 0 saturated carbocycles. The van der Waals surface area contributed by atoms with Gasteiger partial charge in [-0.05, 0) is 43.4 Å². The number of carbonyl (C=O) groups excluding carboxylic acids is 2. The molecule has 0 spiro atoms. The van der Waals surface area contributed by atoms with Crippen molar-refractivity contribution < 1.29 is 9.59 Å². The van der Waals surface area contributed by atoms with Gasteiger partial charge < -0.3 is 9.80 Å². The van der Waals surface area contributed by atoms with Crippen LogP contribution in [0.15, 0.2) is 24.5 Å². The Labute approximate surface area is 156 Å². The summed E-state index contributed by atoms with van der Waals surface area (Å²) in [6.07, 6.45) is 9.83. The standard InChI is InChI=1S/C21H31N3O2/c1-16(2)20(25)23-13-6-7-18(15-23)21(26)24-14-5-3-4-8-19(24)17-9-11-22-12-10-17/h9-12,16,18-19H,3-8,13-15H2,1-2H3/t18-,19+/m0/s1. The molecule has 5 heteroatoms. The molecule has 1 aromatic heterocycles. The first-order valence-corrected chi connectivity index (χ1v) is 10.1. The smallest absolute Gasteiger partial charge is 0.227 e. The Balaban J connectivity index is 1.76. The van der Waals surface area contributed by atoms with Gasteiger partial charge in [0, 0.05) is 37.9 Å². The second-order valence-corrected chi connectivity index (χ2v) is 7.96. The lowest BCUT2D eigenvalue weighted by atomic mass is 9.93. The average molecular weight is 357 g/mol. The zero-order valence-corrected chi connectivity index (χ0v) is 16.1. The Morgan fingerprint density at radius 2 is 1.81 bits per heavy atom. The van der Waals surface area contributed by atoms with Crippen LogP contribution in [0.5, 0.6) is 0 Å². The maximum absolute atomic E-state index is 13.4. The van der Waals surface area contributed by atoms with Crippen molar-refractivity contribution >= 4 is 11.8 Å². The van der Waals surface area contributed by atoms with Crippen molar-refractivity contribution in [3.63, 3.8) is 0 Å². The largest absolute Gasteiger partial charge is 0.342 e. The number of hydrogen-bond acceptors (Lipinski definition) is 3. The van der Waals surface area contributed by atoms with Gasteiger partial charge in [-0.15, -0.1) is 0 Å². The molecule has 2 amide bonds. The van der Waals surface area contributed by atoms with E-state index < -0.39 is 0 Å². The van der Waals surface area contributed by atoms with Crippen molar-refractivity contribution in [2.75, 3.05) is 19.6 Å². The molecule has 26 heavy (non-hydrogen) atoms. The van der Waals surface area contributed by atoms with E-state index >= 15 is 0 Å². The Morgan fingerprint density at radius 3 is 2.54 bits per heavy atom. The van der Waals surface area contributed by atoms with E-state index in [4.69, 9.17) is 0 Å². The summed E-state index contributed by atoms with van der Waals surface area (Å²) in [5, 5.41) is 0. The van der Waals surface area contributed by atoms with E-state index in [-0.39, 0.29) is 29.7 Å². The van der Waals surface area contributed by atoms with E-state index in [1.165, 1.54) is 12.0 Å². The van der Waals surface area contributed by atoms with Crippen LogP contribution in [-0.4, -0.2) is 46.2 Å². The maximum atomic E-state index is 13.4. The highest BCUT2D eigenvalue weighted by molar-refractivity contribution is 5.82. The topological polar surface area (TPSA) is 53.5 Å². The average Bonchev–Trinajstić information content (AvgIpc) is 2.93. The minimum absolute atomic E-state index is 0.00777. The van der Waals surface area contributed by atoms with Crippen molar-refractivity contribution in [2.45, 2.75) is 58.4 Å². The lowest BCUT2D eigenvalue weighted by Crippen LogP contribution is -2.48. The van der Waals surface area contributed by atoms with Crippen molar-refractivity contribution in [1.29, 1.82) is 0 Å². The number of aromatic nitrogens is 1. The fourth-order valence-corrected chi connectivity index (χ4v) is 4.28. The molecular formula is C21H31N3O2. The van der Waals surface area contributed by atoms with Gasteiger partial charge in [-0.3, -0.25) is 14.6 Å². The van der Waals surface area contributed by atoms with Gasteiger partial charge in [0.05, 0.1) is 12.0 Å². The zero-order valence-electron chi connectivity index (χ0n) is 16.1. The summed E-state index contributed by atoms with van der Waals surface area (Å²) in [7, 11) is 0. The fraction of sp³-hybridized carbons (Fsp3) is 0.667. The number of likely N-dealkylation sites (tertiary alicyclic amines) is 2. The first-order chi connectivity index (χ1) is 12.6. The predicted octanol–water partition coefficient (Wildman–Crippen LogP) is 3.42. The number of amides is 2. The molecule has 0 N–H and O–H groups in total. The number of carbonyl (C=O) groups is 2. The first kappa shape index (κ1) is 18.9. The van der Waals surface area contributed by atoms with Crippen molar-refractivity contribution in [3.8, 4) is 0 Å². The van der Waals surface area contributed by atoms with Crippen LogP contribution in [0, 0.1) is 11.8 Å². The number of hydrogen-bond donors (Lipinski definition) is 0. The Hall–Kier alpha value is -1.91. The molecule has 0 radical (unpaired) electrons. The molecule has 1 aromatic rings. The number of pyridine rings is 1. The third-order valence-corrected chi connectivity index (χ3v) is 5.70. The van der Waals surface area contributed by atoms with Crippen LogP contribution in [0.4, 0.5) is 0 Å². The molecule has 3 heterocycles. The molecule has 142 valence electrons. The third kappa shape index (κ3) is 4.25. The first-order valence-electron chi connectivity index (χ1n) is 10.1. The number of nitrogens with zero attached hydrogens (tertiary/aromatic N) is 3. The molecule has 2 aliphatic rings. The van der Waals surface area contributed by atoms with Crippen LogP contribution in [0.25, 0.3) is 0 Å². The maximum Gasteiger partial charge on any atom is 0.227 e. The Morgan fingerprint density at radius 1 is 1.04 bits per heavy atom. The predicted molar refractivity (Wildman–Crippen MR) is 101 cm³/mol. The second kappa shape index (κ2) is 8.65. The Bertz CT molecular complexity index is 617. The monoisotopic (exact) mass is 357 g/mol. The van der Waals surface area contributed by atoms with E-state index in [0.717, 1.165) is 45.2 Å². The summed E-state index contributed by atoms with van der Waals surface area (Å²) in [5.41, 5.74) is 1.18. The molecule has 2 fully saturated rings. The summed E-state index contributed by atoms with van der Waals surface area (Å²) >= 11 is 0. The molecule has 0 aromatic carbocycles. The minimum Gasteiger partial charge on any atom is -0.342 e. The molecule has 2 aliphatic heterocycles. The van der Waals surface area contributed by atoms with Gasteiger partial charge in [0.15, 0.2) is 0 Å². The molecule has 5 nitrogen and oxygen atoms in total. The van der Waals surface area contributed by atoms with Gasteiger partial charge in [-0.1, -0.05) is 26.7 Å². The summed E-state index contributed by atoms with van der Waals surface area (Å²) in [5.74, 6) is 0.333. The van der Waals surface area contributed by atoms with Crippen LogP contribution < -0.4 is 0 Å². The van der Waals surface area contributed by atoms with Gasteiger partial charge in [0.1, 0.15) is 0 Å². The summed E-state index contributed by atoms with van der Waals surface area (Å²) in [4.78, 5) is 33.9. The number of piperidine rings is 1. The fourth-order valence-electron chi connectivity index (χ4n) is 4.28. The highest BCUT2D eigenvalue weighted by atomic mass is 16.2. The molecule has 2 atom stereocenters. The lowest BCUT2D eigenvalue weighted by molar-refractivity contribution is -0.144.